The van der Waals surface area contributed by atoms with E-state index in [0.29, 0.717) is 11.4 Å². The SMILES string of the molecule is CCCCc1ccc(NC(=O)CN2C(=O)COc3ccc(C)cc32)cc1. The van der Waals surface area contributed by atoms with Gasteiger partial charge in [-0.15, -0.1) is 0 Å². The molecule has 1 aliphatic rings. The molecule has 2 amide bonds. The smallest absolute Gasteiger partial charge is 0.265 e. The molecule has 5 heteroatoms. The monoisotopic (exact) mass is 352 g/mol. The third-order valence-corrected chi connectivity index (χ3v) is 4.42. The number of nitrogens with zero attached hydrogens (tertiary/aromatic N) is 1. The van der Waals surface area contributed by atoms with Gasteiger partial charge < -0.3 is 10.1 Å². The minimum absolute atomic E-state index is 0.0315. The van der Waals surface area contributed by atoms with Gasteiger partial charge in [-0.3, -0.25) is 14.5 Å². The van der Waals surface area contributed by atoms with Gasteiger partial charge >= 0.3 is 0 Å². The van der Waals surface area contributed by atoms with E-state index in [2.05, 4.69) is 12.2 Å². The minimum Gasteiger partial charge on any atom is -0.482 e. The first-order valence-electron chi connectivity index (χ1n) is 8.99. The minimum atomic E-state index is -0.228. The van der Waals surface area contributed by atoms with E-state index in [1.165, 1.54) is 10.5 Å². The highest BCUT2D eigenvalue weighted by molar-refractivity contribution is 6.05. The Morgan fingerprint density at radius 2 is 1.96 bits per heavy atom. The van der Waals surface area contributed by atoms with Crippen molar-refractivity contribution in [2.45, 2.75) is 33.1 Å². The van der Waals surface area contributed by atoms with Crippen molar-refractivity contribution in [2.24, 2.45) is 0 Å². The molecule has 0 saturated carbocycles. The van der Waals surface area contributed by atoms with Crippen LogP contribution in [0.15, 0.2) is 42.5 Å². The Morgan fingerprint density at radius 3 is 2.69 bits per heavy atom. The van der Waals surface area contributed by atoms with E-state index in [4.69, 9.17) is 4.74 Å². The molecular formula is C21H24N2O3. The molecule has 0 aromatic heterocycles. The first kappa shape index (κ1) is 18.0. The van der Waals surface area contributed by atoms with E-state index < -0.39 is 0 Å². The highest BCUT2D eigenvalue weighted by Crippen LogP contribution is 2.32. The van der Waals surface area contributed by atoms with Crippen LogP contribution < -0.4 is 15.0 Å². The maximum atomic E-state index is 12.4. The van der Waals surface area contributed by atoms with Crippen molar-refractivity contribution in [3.05, 3.63) is 53.6 Å². The first-order valence-corrected chi connectivity index (χ1v) is 8.99. The summed E-state index contributed by atoms with van der Waals surface area (Å²) in [4.78, 5) is 26.1. The summed E-state index contributed by atoms with van der Waals surface area (Å²) in [7, 11) is 0. The molecule has 1 N–H and O–H groups in total. The molecule has 2 aromatic carbocycles. The molecule has 0 bridgehead atoms. The molecule has 1 heterocycles. The van der Waals surface area contributed by atoms with Crippen LogP contribution in [0.3, 0.4) is 0 Å². The van der Waals surface area contributed by atoms with Crippen molar-refractivity contribution in [1.82, 2.24) is 0 Å². The van der Waals surface area contributed by atoms with Gasteiger partial charge in [0.25, 0.3) is 5.91 Å². The van der Waals surface area contributed by atoms with Gasteiger partial charge in [-0.25, -0.2) is 0 Å². The molecule has 3 rings (SSSR count). The number of amides is 2. The summed E-state index contributed by atoms with van der Waals surface area (Å²) in [5.41, 5.74) is 3.65. The van der Waals surface area contributed by atoms with E-state index in [1.54, 1.807) is 0 Å². The molecule has 0 saturated heterocycles. The van der Waals surface area contributed by atoms with Crippen LogP contribution in [0.4, 0.5) is 11.4 Å². The van der Waals surface area contributed by atoms with Crippen LogP contribution in [0.1, 0.15) is 30.9 Å². The van der Waals surface area contributed by atoms with Crippen molar-refractivity contribution in [1.29, 1.82) is 0 Å². The number of carbonyl (C=O) groups is 2. The lowest BCUT2D eigenvalue weighted by atomic mass is 10.1. The van der Waals surface area contributed by atoms with Crippen molar-refractivity contribution >= 4 is 23.2 Å². The lowest BCUT2D eigenvalue weighted by molar-refractivity contribution is -0.123. The Labute approximate surface area is 154 Å². The van der Waals surface area contributed by atoms with Gasteiger partial charge in [-0.2, -0.15) is 0 Å². The zero-order valence-corrected chi connectivity index (χ0v) is 15.2. The summed E-state index contributed by atoms with van der Waals surface area (Å²) >= 11 is 0. The average molecular weight is 352 g/mol. The standard InChI is InChI=1S/C21H24N2O3/c1-3-4-5-16-7-9-17(10-8-16)22-20(24)13-23-18-12-15(2)6-11-19(18)26-14-21(23)25/h6-12H,3-5,13-14H2,1-2H3,(H,22,24). The van der Waals surface area contributed by atoms with Gasteiger partial charge in [0, 0.05) is 5.69 Å². The quantitative estimate of drug-likeness (QED) is 0.862. The van der Waals surface area contributed by atoms with Gasteiger partial charge in [0.1, 0.15) is 12.3 Å². The molecule has 0 aliphatic carbocycles. The number of hydrogen-bond acceptors (Lipinski definition) is 3. The number of benzene rings is 2. The lowest BCUT2D eigenvalue weighted by Crippen LogP contribution is -2.43. The zero-order valence-electron chi connectivity index (χ0n) is 15.2. The van der Waals surface area contributed by atoms with Crippen LogP contribution in [-0.4, -0.2) is 25.0 Å². The highest BCUT2D eigenvalue weighted by Gasteiger charge is 2.27. The second-order valence-electron chi connectivity index (χ2n) is 6.59. The predicted molar refractivity (Wildman–Crippen MR) is 103 cm³/mol. The van der Waals surface area contributed by atoms with Crippen molar-refractivity contribution in [2.75, 3.05) is 23.4 Å². The highest BCUT2D eigenvalue weighted by atomic mass is 16.5. The van der Waals surface area contributed by atoms with E-state index in [0.717, 1.165) is 30.5 Å². The molecular weight excluding hydrogens is 328 g/mol. The number of aryl methyl sites for hydroxylation is 2. The summed E-state index contributed by atoms with van der Waals surface area (Å²) in [6.07, 6.45) is 3.36. The summed E-state index contributed by atoms with van der Waals surface area (Å²) in [6.45, 7) is 4.03. The topological polar surface area (TPSA) is 58.6 Å². The Balaban J connectivity index is 1.66. The Kier molecular flexibility index (Phi) is 5.56. The van der Waals surface area contributed by atoms with Crippen LogP contribution in [-0.2, 0) is 16.0 Å². The molecule has 0 spiro atoms. The number of unbranched alkanes of at least 4 members (excludes halogenated alkanes) is 1. The molecule has 0 unspecified atom stereocenters. The molecule has 1 aliphatic heterocycles. The molecule has 0 atom stereocenters. The second kappa shape index (κ2) is 8.04. The van der Waals surface area contributed by atoms with Crippen molar-refractivity contribution in [3.63, 3.8) is 0 Å². The van der Waals surface area contributed by atoms with Gasteiger partial charge in [-0.1, -0.05) is 31.5 Å². The van der Waals surface area contributed by atoms with Crippen LogP contribution in [0.5, 0.6) is 5.75 Å². The normalized spacial score (nSPS) is 13.2. The van der Waals surface area contributed by atoms with Crippen molar-refractivity contribution < 1.29 is 14.3 Å². The summed E-state index contributed by atoms with van der Waals surface area (Å²) in [6, 6.07) is 13.5. The van der Waals surface area contributed by atoms with Gasteiger partial charge in [0.2, 0.25) is 5.91 Å². The molecule has 26 heavy (non-hydrogen) atoms. The Morgan fingerprint density at radius 1 is 1.19 bits per heavy atom. The van der Waals surface area contributed by atoms with Crippen LogP contribution in [0.25, 0.3) is 0 Å². The van der Waals surface area contributed by atoms with Gasteiger partial charge in [-0.05, 0) is 55.2 Å². The third-order valence-electron chi connectivity index (χ3n) is 4.42. The second-order valence-corrected chi connectivity index (χ2v) is 6.59. The summed E-state index contributed by atoms with van der Waals surface area (Å²) in [5.74, 6) is 0.186. The molecule has 0 radical (unpaired) electrons. The molecule has 5 nitrogen and oxygen atoms in total. The number of ether oxygens (including phenoxy) is 1. The Hall–Kier alpha value is -2.82. The average Bonchev–Trinajstić information content (AvgIpc) is 2.63. The van der Waals surface area contributed by atoms with Crippen LogP contribution in [0, 0.1) is 6.92 Å². The van der Waals surface area contributed by atoms with E-state index in [9.17, 15) is 9.59 Å². The number of rotatable bonds is 6. The third kappa shape index (κ3) is 4.23. The fourth-order valence-corrected chi connectivity index (χ4v) is 2.97. The first-order chi connectivity index (χ1) is 12.6. The predicted octanol–water partition coefficient (Wildman–Crippen LogP) is 3.70. The fraction of sp³-hybridized carbons (Fsp3) is 0.333. The largest absolute Gasteiger partial charge is 0.482 e. The number of nitrogens with one attached hydrogen (secondary N) is 1. The zero-order chi connectivity index (χ0) is 18.5. The van der Waals surface area contributed by atoms with Gasteiger partial charge in [0.05, 0.1) is 5.69 Å². The van der Waals surface area contributed by atoms with Crippen LogP contribution >= 0.6 is 0 Å². The number of carbonyl (C=O) groups excluding carboxylic acids is 2. The Bertz CT molecular complexity index is 799. The maximum Gasteiger partial charge on any atom is 0.265 e. The fourth-order valence-electron chi connectivity index (χ4n) is 2.97. The van der Waals surface area contributed by atoms with E-state index in [1.807, 2.05) is 49.4 Å². The van der Waals surface area contributed by atoms with Crippen LogP contribution in [0.2, 0.25) is 0 Å². The molecule has 2 aromatic rings. The summed E-state index contributed by atoms with van der Waals surface area (Å²) < 4.78 is 5.44. The molecule has 136 valence electrons. The molecule has 0 fully saturated rings. The number of anilines is 2. The summed E-state index contributed by atoms with van der Waals surface area (Å²) in [5, 5.41) is 2.86. The van der Waals surface area contributed by atoms with Gasteiger partial charge in [0.15, 0.2) is 6.61 Å². The maximum absolute atomic E-state index is 12.4. The number of fused-ring (bicyclic) bond motifs is 1. The lowest BCUT2D eigenvalue weighted by Gasteiger charge is -2.29. The number of hydrogen-bond donors (Lipinski definition) is 1. The van der Waals surface area contributed by atoms with E-state index >= 15 is 0 Å². The van der Waals surface area contributed by atoms with Crippen molar-refractivity contribution in [3.8, 4) is 5.75 Å². The van der Waals surface area contributed by atoms with E-state index in [-0.39, 0.29) is 25.0 Å².